The summed E-state index contributed by atoms with van der Waals surface area (Å²) in [4.78, 5) is 37.9. The number of unbranched alkanes of at least 4 members (excludes halogenated alkanes) is 16. The molecule has 346 valence electrons. The van der Waals surface area contributed by atoms with Crippen LogP contribution in [-0.4, -0.2) is 37.2 Å². The average Bonchev–Trinajstić information content (AvgIpc) is 3.27. The quantitative estimate of drug-likeness (QED) is 0.0264. The molecule has 1 unspecified atom stereocenters. The van der Waals surface area contributed by atoms with Gasteiger partial charge in [0.1, 0.15) is 13.2 Å². The van der Waals surface area contributed by atoms with Gasteiger partial charge in [0, 0.05) is 19.3 Å². The molecule has 0 aliphatic carbocycles. The molecule has 62 heavy (non-hydrogen) atoms. The van der Waals surface area contributed by atoms with Gasteiger partial charge in [0.25, 0.3) is 0 Å². The molecule has 0 rings (SSSR count). The molecule has 0 spiro atoms. The highest BCUT2D eigenvalue weighted by molar-refractivity contribution is 5.71. The van der Waals surface area contributed by atoms with Gasteiger partial charge < -0.3 is 14.2 Å². The maximum absolute atomic E-state index is 12.7. The first kappa shape index (κ1) is 57.5. The second kappa shape index (κ2) is 49.2. The van der Waals surface area contributed by atoms with Gasteiger partial charge in [-0.2, -0.15) is 0 Å². The fraction of sp³-hybridized carbons (Fsp3) is 0.554. The van der Waals surface area contributed by atoms with Gasteiger partial charge in [0.2, 0.25) is 0 Å². The highest BCUT2D eigenvalue weighted by atomic mass is 16.6. The lowest BCUT2D eigenvalue weighted by Gasteiger charge is -2.18. The molecule has 0 radical (unpaired) electrons. The largest absolute Gasteiger partial charge is 0.462 e. The van der Waals surface area contributed by atoms with Gasteiger partial charge in [0.05, 0.1) is 0 Å². The first-order valence-corrected chi connectivity index (χ1v) is 24.3. The van der Waals surface area contributed by atoms with Gasteiger partial charge in [-0.15, -0.1) is 0 Å². The SMILES string of the molecule is CC/C=C/C=C/C=C/C=C/CCCCCC(=O)OCC(COC(=O)CCCCCCC/C=C/C=C/C=C/CCCCCCC)OC(=O)CCCCC/C=C/C=C/C=C/C=C/CC. The fourth-order valence-electron chi connectivity index (χ4n) is 5.99. The number of carbonyl (C=O) groups is 3. The number of hydrogen-bond acceptors (Lipinski definition) is 6. The lowest BCUT2D eigenvalue weighted by molar-refractivity contribution is -0.167. The van der Waals surface area contributed by atoms with Crippen LogP contribution in [0.25, 0.3) is 0 Å². The summed E-state index contributed by atoms with van der Waals surface area (Å²) >= 11 is 0. The second-order valence-electron chi connectivity index (χ2n) is 15.5. The molecule has 0 saturated carbocycles. The molecule has 1 atom stereocenters. The van der Waals surface area contributed by atoms with Crippen LogP contribution in [0.5, 0.6) is 0 Å². The zero-order valence-corrected chi connectivity index (χ0v) is 39.3. The van der Waals surface area contributed by atoms with Crippen molar-refractivity contribution in [3.05, 3.63) is 134 Å². The Kier molecular flexibility index (Phi) is 45.7. The Morgan fingerprint density at radius 3 is 1.00 bits per heavy atom. The molecular weight excluding hydrogens is 769 g/mol. The minimum absolute atomic E-state index is 0.123. The van der Waals surface area contributed by atoms with Crippen molar-refractivity contribution in [2.24, 2.45) is 0 Å². The van der Waals surface area contributed by atoms with Crippen LogP contribution in [-0.2, 0) is 28.6 Å². The van der Waals surface area contributed by atoms with Gasteiger partial charge in [-0.3, -0.25) is 14.4 Å². The van der Waals surface area contributed by atoms with E-state index in [0.717, 1.165) is 103 Å². The number of allylic oxidation sites excluding steroid dienone is 22. The van der Waals surface area contributed by atoms with Crippen LogP contribution in [0.1, 0.15) is 181 Å². The van der Waals surface area contributed by atoms with E-state index < -0.39 is 6.10 Å². The van der Waals surface area contributed by atoms with Crippen molar-refractivity contribution in [3.8, 4) is 0 Å². The predicted molar refractivity (Wildman–Crippen MR) is 265 cm³/mol. The third-order valence-corrected chi connectivity index (χ3v) is 9.62. The van der Waals surface area contributed by atoms with Crippen molar-refractivity contribution in [2.75, 3.05) is 13.2 Å². The Morgan fingerprint density at radius 1 is 0.339 bits per heavy atom. The van der Waals surface area contributed by atoms with E-state index in [9.17, 15) is 14.4 Å². The molecule has 0 fully saturated rings. The van der Waals surface area contributed by atoms with Gasteiger partial charge in [-0.25, -0.2) is 0 Å². The average molecular weight is 855 g/mol. The Balaban J connectivity index is 4.56. The molecule has 0 aliphatic heterocycles. The minimum Gasteiger partial charge on any atom is -0.462 e. The van der Waals surface area contributed by atoms with Crippen LogP contribution in [0.3, 0.4) is 0 Å². The summed E-state index contributed by atoms with van der Waals surface area (Å²) in [5, 5.41) is 0. The van der Waals surface area contributed by atoms with Crippen LogP contribution >= 0.6 is 0 Å². The van der Waals surface area contributed by atoms with Crippen molar-refractivity contribution in [1.82, 2.24) is 0 Å². The van der Waals surface area contributed by atoms with Crippen molar-refractivity contribution in [3.63, 3.8) is 0 Å². The minimum atomic E-state index is -0.827. The summed E-state index contributed by atoms with van der Waals surface area (Å²) in [5.74, 6) is -1.03. The third kappa shape index (κ3) is 46.6. The summed E-state index contributed by atoms with van der Waals surface area (Å²) < 4.78 is 16.7. The monoisotopic (exact) mass is 855 g/mol. The zero-order valence-electron chi connectivity index (χ0n) is 39.3. The van der Waals surface area contributed by atoms with E-state index in [0.29, 0.717) is 19.3 Å². The van der Waals surface area contributed by atoms with E-state index in [-0.39, 0.29) is 37.5 Å². The summed E-state index contributed by atoms with van der Waals surface area (Å²) in [7, 11) is 0. The fourth-order valence-corrected chi connectivity index (χ4v) is 5.99. The third-order valence-electron chi connectivity index (χ3n) is 9.62. The molecule has 0 aliphatic rings. The predicted octanol–water partition coefficient (Wildman–Crippen LogP) is 15.9. The van der Waals surface area contributed by atoms with Crippen LogP contribution < -0.4 is 0 Å². The van der Waals surface area contributed by atoms with Gasteiger partial charge >= 0.3 is 17.9 Å². The topological polar surface area (TPSA) is 78.9 Å². The van der Waals surface area contributed by atoms with E-state index in [1.54, 1.807) is 0 Å². The molecule has 6 heteroatoms. The Morgan fingerprint density at radius 2 is 0.629 bits per heavy atom. The van der Waals surface area contributed by atoms with Gasteiger partial charge in [-0.05, 0) is 83.5 Å². The number of hydrogen-bond donors (Lipinski definition) is 0. The molecule has 0 aromatic rings. The number of rotatable bonds is 41. The highest BCUT2D eigenvalue weighted by Gasteiger charge is 2.19. The van der Waals surface area contributed by atoms with Gasteiger partial charge in [0.15, 0.2) is 6.10 Å². The molecule has 0 aromatic heterocycles. The normalized spacial score (nSPS) is 13.3. The first-order valence-electron chi connectivity index (χ1n) is 24.3. The summed E-state index contributed by atoms with van der Waals surface area (Å²) in [6.07, 6.45) is 68.6. The zero-order chi connectivity index (χ0) is 45.1. The molecule has 0 saturated heterocycles. The molecular formula is C56H86O6. The van der Waals surface area contributed by atoms with Crippen molar-refractivity contribution >= 4 is 17.9 Å². The highest BCUT2D eigenvalue weighted by Crippen LogP contribution is 2.12. The molecule has 0 N–H and O–H groups in total. The van der Waals surface area contributed by atoms with Crippen LogP contribution in [0.2, 0.25) is 0 Å². The molecule has 0 amide bonds. The van der Waals surface area contributed by atoms with E-state index >= 15 is 0 Å². The Labute approximate surface area is 379 Å². The van der Waals surface area contributed by atoms with Crippen LogP contribution in [0.15, 0.2) is 134 Å². The maximum Gasteiger partial charge on any atom is 0.306 e. The van der Waals surface area contributed by atoms with E-state index in [4.69, 9.17) is 14.2 Å². The summed E-state index contributed by atoms with van der Waals surface area (Å²) in [6.45, 7) is 6.22. The van der Waals surface area contributed by atoms with E-state index in [2.05, 4.69) is 81.5 Å². The standard InChI is InChI=1S/C56H86O6/c1-4-7-10-13-16-19-22-25-26-27-28-29-32-34-37-40-43-46-49-55(58)61-52-53(62-56(59)50-47-44-41-38-35-31-24-21-18-15-12-9-6-3)51-60-54(57)48-45-42-39-36-33-30-23-20-17-14-11-8-5-2/h8-9,11-12,14-15,17-18,20-31,33,35,53H,4-7,10,13,16,19,32,34,36-52H2,1-3H3/b11-8+,12-9+,17-14+,18-15+,23-20+,24-21+,25-22+,27-26+,29-28+,33-30+,35-31+. The van der Waals surface area contributed by atoms with Crippen LogP contribution in [0, 0.1) is 0 Å². The molecule has 0 aromatic carbocycles. The van der Waals surface area contributed by atoms with E-state index in [1.165, 1.54) is 32.1 Å². The number of ether oxygens (including phenoxy) is 3. The van der Waals surface area contributed by atoms with Crippen molar-refractivity contribution in [2.45, 2.75) is 187 Å². The van der Waals surface area contributed by atoms with Crippen molar-refractivity contribution < 1.29 is 28.6 Å². The summed E-state index contributed by atoms with van der Waals surface area (Å²) in [5.41, 5.74) is 0. The molecule has 0 bridgehead atoms. The Hall–Kier alpha value is -4.45. The molecule has 0 heterocycles. The lowest BCUT2D eigenvalue weighted by Crippen LogP contribution is -2.30. The number of carbonyl (C=O) groups excluding carboxylic acids is 3. The second-order valence-corrected chi connectivity index (χ2v) is 15.5. The molecule has 6 nitrogen and oxygen atoms in total. The number of esters is 3. The summed E-state index contributed by atoms with van der Waals surface area (Å²) in [6, 6.07) is 0. The smallest absolute Gasteiger partial charge is 0.306 e. The van der Waals surface area contributed by atoms with Gasteiger partial charge in [-0.1, -0.05) is 212 Å². The maximum atomic E-state index is 12.7. The first-order chi connectivity index (χ1) is 30.5. The van der Waals surface area contributed by atoms with Crippen LogP contribution in [0.4, 0.5) is 0 Å². The van der Waals surface area contributed by atoms with Crippen molar-refractivity contribution in [1.29, 1.82) is 0 Å². The lowest BCUT2D eigenvalue weighted by atomic mass is 10.1. The van der Waals surface area contributed by atoms with E-state index in [1.807, 2.05) is 72.9 Å². The Bertz CT molecular complexity index is 1400.